The van der Waals surface area contributed by atoms with Crippen molar-refractivity contribution in [3.05, 3.63) is 66.2 Å². The summed E-state index contributed by atoms with van der Waals surface area (Å²) in [6.07, 6.45) is 1.66. The van der Waals surface area contributed by atoms with Gasteiger partial charge in [-0.1, -0.05) is 24.8 Å². The van der Waals surface area contributed by atoms with E-state index in [2.05, 4.69) is 11.3 Å². The lowest BCUT2D eigenvalue weighted by Gasteiger charge is -2.19. The maximum Gasteiger partial charge on any atom is 0.253 e. The van der Waals surface area contributed by atoms with E-state index in [4.69, 9.17) is 14.2 Å². The molecule has 0 atom stereocenters. The fraction of sp³-hybridized carbons (Fsp3) is 0.318. The van der Waals surface area contributed by atoms with E-state index in [-0.39, 0.29) is 35.3 Å². The summed E-state index contributed by atoms with van der Waals surface area (Å²) in [7, 11) is 0.630. The van der Waals surface area contributed by atoms with Gasteiger partial charge in [0.25, 0.3) is 5.91 Å². The predicted octanol–water partition coefficient (Wildman–Crippen LogP) is 2.46. The molecule has 1 amide bonds. The van der Waals surface area contributed by atoms with Crippen LogP contribution in [0, 0.1) is 0 Å². The number of benzene rings is 2. The Hall–Kier alpha value is -2.88. The molecule has 0 saturated heterocycles. The number of hydrogen-bond acceptors (Lipinski definition) is 6. The van der Waals surface area contributed by atoms with Crippen LogP contribution in [0.25, 0.3) is 0 Å². The summed E-state index contributed by atoms with van der Waals surface area (Å²) >= 11 is 0. The second kappa shape index (κ2) is 11.5. The Kier molecular flexibility index (Phi) is 9.04. The Balaban J connectivity index is 2.17. The van der Waals surface area contributed by atoms with Crippen molar-refractivity contribution in [1.82, 2.24) is 9.62 Å². The number of carbonyl (C=O) groups is 1. The lowest BCUT2D eigenvalue weighted by Crippen LogP contribution is -2.29. The van der Waals surface area contributed by atoms with Gasteiger partial charge in [-0.3, -0.25) is 4.79 Å². The minimum absolute atomic E-state index is 0.103. The van der Waals surface area contributed by atoms with E-state index in [9.17, 15) is 13.2 Å². The van der Waals surface area contributed by atoms with Gasteiger partial charge in [-0.2, -0.15) is 0 Å². The molecule has 8 nitrogen and oxygen atoms in total. The number of nitrogens with zero attached hydrogens (tertiary/aromatic N) is 1. The summed E-state index contributed by atoms with van der Waals surface area (Å²) in [5, 5.41) is 0. The minimum atomic E-state index is -3.88. The number of methoxy groups -OCH3 is 2. The molecule has 31 heavy (non-hydrogen) atoms. The monoisotopic (exact) mass is 448 g/mol. The number of rotatable bonds is 12. The van der Waals surface area contributed by atoms with Crippen LogP contribution in [-0.4, -0.2) is 60.3 Å². The average molecular weight is 449 g/mol. The van der Waals surface area contributed by atoms with Crippen molar-refractivity contribution in [3.63, 3.8) is 0 Å². The van der Waals surface area contributed by atoms with Crippen LogP contribution in [0.3, 0.4) is 0 Å². The Morgan fingerprint density at radius 2 is 1.87 bits per heavy atom. The standard InChI is InChI=1S/C22H28N2O6S/c1-5-13-30-19-9-6-17(7-10-19)16-24(2)22(25)18-8-11-20(29-4)21(15-18)31(26,27)23-12-14-28-3/h5-11,15,23H,1,12-14,16H2,2-4H3. The maximum absolute atomic E-state index is 12.9. The number of nitrogens with one attached hydrogen (secondary N) is 1. The quantitative estimate of drug-likeness (QED) is 0.396. The van der Waals surface area contributed by atoms with Crippen LogP contribution in [-0.2, 0) is 21.3 Å². The number of carbonyl (C=O) groups excluding carboxylic acids is 1. The summed E-state index contributed by atoms with van der Waals surface area (Å²) < 4.78 is 43.2. The van der Waals surface area contributed by atoms with Gasteiger partial charge >= 0.3 is 0 Å². The van der Waals surface area contributed by atoms with Gasteiger partial charge in [0.1, 0.15) is 23.0 Å². The summed E-state index contributed by atoms with van der Waals surface area (Å²) in [4.78, 5) is 14.3. The van der Waals surface area contributed by atoms with Crippen LogP contribution in [0.1, 0.15) is 15.9 Å². The molecular formula is C22H28N2O6S. The average Bonchev–Trinajstić information content (AvgIpc) is 2.77. The maximum atomic E-state index is 12.9. The molecule has 0 aliphatic rings. The van der Waals surface area contributed by atoms with Crippen LogP contribution < -0.4 is 14.2 Å². The van der Waals surface area contributed by atoms with Crippen molar-refractivity contribution < 1.29 is 27.4 Å². The molecule has 1 N–H and O–H groups in total. The Morgan fingerprint density at radius 1 is 1.16 bits per heavy atom. The van der Waals surface area contributed by atoms with Crippen molar-refractivity contribution in [2.75, 3.05) is 41.0 Å². The normalized spacial score (nSPS) is 11.1. The summed E-state index contributed by atoms with van der Waals surface area (Å²) in [6, 6.07) is 11.7. The SMILES string of the molecule is C=CCOc1ccc(CN(C)C(=O)c2ccc(OC)c(S(=O)(=O)NCCOC)c2)cc1. The van der Waals surface area contributed by atoms with Crippen molar-refractivity contribution >= 4 is 15.9 Å². The topological polar surface area (TPSA) is 94.2 Å². The highest BCUT2D eigenvalue weighted by Crippen LogP contribution is 2.25. The third kappa shape index (κ3) is 6.81. The summed E-state index contributed by atoms with van der Waals surface area (Å²) in [5.74, 6) is 0.547. The number of ether oxygens (including phenoxy) is 3. The first-order valence-electron chi connectivity index (χ1n) is 9.57. The van der Waals surface area contributed by atoms with Gasteiger partial charge in [0, 0.05) is 32.8 Å². The molecule has 0 radical (unpaired) electrons. The Morgan fingerprint density at radius 3 is 2.48 bits per heavy atom. The van der Waals surface area contributed by atoms with Gasteiger partial charge in [-0.15, -0.1) is 0 Å². The van der Waals surface area contributed by atoms with Gasteiger partial charge in [-0.25, -0.2) is 13.1 Å². The summed E-state index contributed by atoms with van der Waals surface area (Å²) in [5.41, 5.74) is 1.14. The number of sulfonamides is 1. The van der Waals surface area contributed by atoms with Crippen molar-refractivity contribution in [2.24, 2.45) is 0 Å². The van der Waals surface area contributed by atoms with E-state index in [1.807, 2.05) is 24.3 Å². The highest BCUT2D eigenvalue weighted by molar-refractivity contribution is 7.89. The molecule has 0 unspecified atom stereocenters. The Labute approximate surface area is 183 Å². The lowest BCUT2D eigenvalue weighted by atomic mass is 10.1. The van der Waals surface area contributed by atoms with Crippen molar-refractivity contribution in [1.29, 1.82) is 0 Å². The van der Waals surface area contributed by atoms with E-state index < -0.39 is 10.0 Å². The molecule has 2 aromatic carbocycles. The lowest BCUT2D eigenvalue weighted by molar-refractivity contribution is 0.0785. The molecule has 0 aliphatic carbocycles. The van der Waals surface area contributed by atoms with E-state index in [1.165, 1.54) is 37.3 Å². The Bertz CT molecular complexity index is 990. The third-order valence-corrected chi connectivity index (χ3v) is 5.84. The summed E-state index contributed by atoms with van der Waals surface area (Å²) in [6.45, 7) is 4.70. The number of amides is 1. The zero-order valence-electron chi connectivity index (χ0n) is 18.0. The molecule has 0 saturated carbocycles. The van der Waals surface area contributed by atoms with Gasteiger partial charge in [0.15, 0.2) is 0 Å². The second-order valence-electron chi connectivity index (χ2n) is 6.66. The highest BCUT2D eigenvalue weighted by atomic mass is 32.2. The van der Waals surface area contributed by atoms with Crippen LogP contribution in [0.5, 0.6) is 11.5 Å². The van der Waals surface area contributed by atoms with E-state index >= 15 is 0 Å². The molecule has 0 heterocycles. The van der Waals surface area contributed by atoms with Crippen LogP contribution in [0.4, 0.5) is 0 Å². The highest BCUT2D eigenvalue weighted by Gasteiger charge is 2.22. The smallest absolute Gasteiger partial charge is 0.253 e. The molecule has 2 rings (SSSR count). The van der Waals surface area contributed by atoms with E-state index in [1.54, 1.807) is 13.1 Å². The zero-order valence-corrected chi connectivity index (χ0v) is 18.8. The molecule has 0 aromatic heterocycles. The fourth-order valence-electron chi connectivity index (χ4n) is 2.79. The molecule has 0 fully saturated rings. The molecule has 0 spiro atoms. The van der Waals surface area contributed by atoms with Gasteiger partial charge in [0.05, 0.1) is 13.7 Å². The van der Waals surface area contributed by atoms with Crippen molar-refractivity contribution in [2.45, 2.75) is 11.4 Å². The van der Waals surface area contributed by atoms with Gasteiger partial charge < -0.3 is 19.1 Å². The first kappa shape index (κ1) is 24.4. The van der Waals surface area contributed by atoms with Gasteiger partial charge in [0.2, 0.25) is 10.0 Å². The molecule has 0 bridgehead atoms. The van der Waals surface area contributed by atoms with Crippen LogP contribution in [0.2, 0.25) is 0 Å². The first-order valence-corrected chi connectivity index (χ1v) is 11.1. The number of hydrogen-bond donors (Lipinski definition) is 1. The molecule has 168 valence electrons. The minimum Gasteiger partial charge on any atom is -0.495 e. The molecule has 2 aromatic rings. The third-order valence-electron chi connectivity index (χ3n) is 4.36. The fourth-order valence-corrected chi connectivity index (χ4v) is 3.99. The molecule has 9 heteroatoms. The zero-order chi connectivity index (χ0) is 22.9. The van der Waals surface area contributed by atoms with Crippen molar-refractivity contribution in [3.8, 4) is 11.5 Å². The van der Waals surface area contributed by atoms with E-state index in [0.717, 1.165) is 5.56 Å². The predicted molar refractivity (Wildman–Crippen MR) is 118 cm³/mol. The first-order chi connectivity index (χ1) is 14.8. The largest absolute Gasteiger partial charge is 0.495 e. The molecular weight excluding hydrogens is 420 g/mol. The van der Waals surface area contributed by atoms with Crippen LogP contribution >= 0.6 is 0 Å². The van der Waals surface area contributed by atoms with Gasteiger partial charge in [-0.05, 0) is 35.9 Å². The second-order valence-corrected chi connectivity index (χ2v) is 8.40. The van der Waals surface area contributed by atoms with Crippen LogP contribution in [0.15, 0.2) is 60.0 Å². The van der Waals surface area contributed by atoms with E-state index in [0.29, 0.717) is 18.9 Å². The molecule has 0 aliphatic heterocycles.